The van der Waals surface area contributed by atoms with Crippen LogP contribution in [0.5, 0.6) is 0 Å². The molecular weight excluding hydrogens is 278 g/mol. The second-order valence-electron chi connectivity index (χ2n) is 7.05. The molecule has 1 aliphatic heterocycles. The Bertz CT molecular complexity index is 496. The fourth-order valence-corrected chi connectivity index (χ4v) is 4.53. The molecule has 0 amide bonds. The number of carbonyl (C=O) groups excluding carboxylic acids is 1. The molecule has 2 fully saturated rings. The molecule has 4 heteroatoms. The number of Topliss-reactive ketones (excluding diaryl/α,β-unsaturated/α-hetero) is 1. The van der Waals surface area contributed by atoms with Crippen LogP contribution in [-0.2, 0) is 9.53 Å². The largest absolute Gasteiger partial charge is 0.469 e. The summed E-state index contributed by atoms with van der Waals surface area (Å²) in [4.78, 5) is 15.2. The minimum absolute atomic E-state index is 0.0257. The predicted octanol–water partition coefficient (Wildman–Crippen LogP) is 3.09. The Morgan fingerprint density at radius 2 is 2.27 bits per heavy atom. The molecule has 0 radical (unpaired) electrons. The lowest BCUT2D eigenvalue weighted by Gasteiger charge is -2.36. The van der Waals surface area contributed by atoms with E-state index in [-0.39, 0.29) is 12.0 Å². The Kier molecular flexibility index (Phi) is 4.69. The van der Waals surface area contributed by atoms with Gasteiger partial charge in [0.1, 0.15) is 5.76 Å². The highest BCUT2D eigenvalue weighted by Gasteiger charge is 2.50. The van der Waals surface area contributed by atoms with E-state index in [2.05, 4.69) is 18.7 Å². The number of rotatable bonds is 5. The summed E-state index contributed by atoms with van der Waals surface area (Å²) in [7, 11) is 1.75. The Balaban J connectivity index is 1.87. The van der Waals surface area contributed by atoms with Crippen molar-refractivity contribution in [2.24, 2.45) is 11.8 Å². The van der Waals surface area contributed by atoms with Crippen molar-refractivity contribution in [3.8, 4) is 0 Å². The molecule has 4 nitrogen and oxygen atoms in total. The van der Waals surface area contributed by atoms with Gasteiger partial charge >= 0.3 is 0 Å². The van der Waals surface area contributed by atoms with Gasteiger partial charge in [-0.05, 0) is 43.4 Å². The molecule has 1 aromatic rings. The van der Waals surface area contributed by atoms with Crippen LogP contribution in [0, 0.1) is 11.8 Å². The number of ketones is 1. The molecule has 22 heavy (non-hydrogen) atoms. The Morgan fingerprint density at radius 3 is 2.91 bits per heavy atom. The van der Waals surface area contributed by atoms with Gasteiger partial charge in [0.15, 0.2) is 5.78 Å². The highest BCUT2D eigenvalue weighted by Crippen LogP contribution is 2.45. The lowest BCUT2D eigenvalue weighted by atomic mass is 9.82. The van der Waals surface area contributed by atoms with Crippen LogP contribution in [0.25, 0.3) is 0 Å². The molecule has 3 rings (SSSR count). The number of furan rings is 1. The molecule has 1 aromatic heterocycles. The maximum Gasteiger partial charge on any atom is 0.151 e. The molecule has 4 atom stereocenters. The van der Waals surface area contributed by atoms with E-state index in [9.17, 15) is 4.79 Å². The summed E-state index contributed by atoms with van der Waals surface area (Å²) >= 11 is 0. The van der Waals surface area contributed by atoms with Gasteiger partial charge in [0, 0.05) is 25.5 Å². The third-order valence-electron chi connectivity index (χ3n) is 5.40. The number of likely N-dealkylation sites (tertiary alicyclic amines) is 1. The van der Waals surface area contributed by atoms with E-state index in [1.807, 2.05) is 12.1 Å². The summed E-state index contributed by atoms with van der Waals surface area (Å²) in [6.07, 6.45) is 4.62. The minimum Gasteiger partial charge on any atom is -0.469 e. The van der Waals surface area contributed by atoms with Crippen molar-refractivity contribution in [3.05, 3.63) is 24.2 Å². The smallest absolute Gasteiger partial charge is 0.151 e. The SMILES string of the molecule is COC[C@@H]1CCCN1[C@@H]1C(=O)C[C@H](c2ccco2)[C@@H]1C(C)C. The van der Waals surface area contributed by atoms with Crippen molar-refractivity contribution in [2.45, 2.75) is 51.1 Å². The third kappa shape index (κ3) is 2.74. The van der Waals surface area contributed by atoms with Gasteiger partial charge in [-0.3, -0.25) is 9.69 Å². The van der Waals surface area contributed by atoms with Gasteiger partial charge in [0.25, 0.3) is 0 Å². The van der Waals surface area contributed by atoms with E-state index in [0.717, 1.165) is 31.8 Å². The molecule has 2 aliphatic rings. The molecule has 2 heterocycles. The van der Waals surface area contributed by atoms with E-state index < -0.39 is 0 Å². The lowest BCUT2D eigenvalue weighted by molar-refractivity contribution is -0.123. The minimum atomic E-state index is 0.0257. The van der Waals surface area contributed by atoms with E-state index in [4.69, 9.17) is 9.15 Å². The van der Waals surface area contributed by atoms with Crippen LogP contribution < -0.4 is 0 Å². The highest BCUT2D eigenvalue weighted by molar-refractivity contribution is 5.88. The highest BCUT2D eigenvalue weighted by atomic mass is 16.5. The number of hydrogen-bond acceptors (Lipinski definition) is 4. The van der Waals surface area contributed by atoms with Gasteiger partial charge in [-0.1, -0.05) is 13.8 Å². The molecule has 1 saturated carbocycles. The van der Waals surface area contributed by atoms with Crippen molar-refractivity contribution < 1.29 is 13.9 Å². The molecular formula is C18H27NO3. The summed E-state index contributed by atoms with van der Waals surface area (Å²) < 4.78 is 11.0. The monoisotopic (exact) mass is 305 g/mol. The second-order valence-corrected chi connectivity index (χ2v) is 7.05. The first-order valence-electron chi connectivity index (χ1n) is 8.44. The number of nitrogens with zero attached hydrogens (tertiary/aromatic N) is 1. The zero-order chi connectivity index (χ0) is 15.7. The summed E-state index contributed by atoms with van der Waals surface area (Å²) in [6, 6.07) is 4.36. The van der Waals surface area contributed by atoms with Crippen LogP contribution in [0.1, 0.15) is 44.8 Å². The topological polar surface area (TPSA) is 42.7 Å². The number of carbonyl (C=O) groups is 1. The Labute approximate surface area is 132 Å². The standard InChI is InChI=1S/C18H27NO3/c1-12(2)17-14(16-7-5-9-22-16)10-15(20)18(17)19-8-4-6-13(19)11-21-3/h5,7,9,12-14,17-18H,4,6,8,10-11H2,1-3H3/t13-,14+,17-,18+/m0/s1. The fourth-order valence-electron chi connectivity index (χ4n) is 4.53. The average molecular weight is 305 g/mol. The van der Waals surface area contributed by atoms with Gasteiger partial charge < -0.3 is 9.15 Å². The van der Waals surface area contributed by atoms with Crippen molar-refractivity contribution >= 4 is 5.78 Å². The van der Waals surface area contributed by atoms with Gasteiger partial charge in [-0.15, -0.1) is 0 Å². The van der Waals surface area contributed by atoms with Crippen LogP contribution in [0.4, 0.5) is 0 Å². The first-order chi connectivity index (χ1) is 10.6. The number of methoxy groups -OCH3 is 1. The first kappa shape index (κ1) is 15.8. The molecule has 1 aliphatic carbocycles. The summed E-state index contributed by atoms with van der Waals surface area (Å²) in [5, 5.41) is 0. The Hall–Kier alpha value is -1.13. The number of hydrogen-bond donors (Lipinski definition) is 0. The van der Waals surface area contributed by atoms with E-state index in [1.165, 1.54) is 0 Å². The quantitative estimate of drug-likeness (QED) is 0.838. The van der Waals surface area contributed by atoms with Gasteiger partial charge in [0.05, 0.1) is 18.9 Å². The van der Waals surface area contributed by atoms with Crippen LogP contribution >= 0.6 is 0 Å². The maximum absolute atomic E-state index is 12.8. The predicted molar refractivity (Wildman–Crippen MR) is 84.8 cm³/mol. The van der Waals surface area contributed by atoms with Gasteiger partial charge in [-0.25, -0.2) is 0 Å². The first-order valence-corrected chi connectivity index (χ1v) is 8.44. The van der Waals surface area contributed by atoms with Crippen LogP contribution in [0.3, 0.4) is 0 Å². The number of ether oxygens (including phenoxy) is 1. The third-order valence-corrected chi connectivity index (χ3v) is 5.40. The van der Waals surface area contributed by atoms with Crippen molar-refractivity contribution in [2.75, 3.05) is 20.3 Å². The van der Waals surface area contributed by atoms with Gasteiger partial charge in [0.2, 0.25) is 0 Å². The molecule has 122 valence electrons. The molecule has 0 N–H and O–H groups in total. The molecule has 0 bridgehead atoms. The molecule has 0 unspecified atom stereocenters. The lowest BCUT2D eigenvalue weighted by Crippen LogP contribution is -2.48. The van der Waals surface area contributed by atoms with E-state index in [1.54, 1.807) is 13.4 Å². The molecule has 1 saturated heterocycles. The van der Waals surface area contributed by atoms with Crippen LogP contribution in [0.2, 0.25) is 0 Å². The summed E-state index contributed by atoms with van der Waals surface area (Å²) in [5.41, 5.74) is 0. The zero-order valence-electron chi connectivity index (χ0n) is 13.8. The molecule has 0 spiro atoms. The van der Waals surface area contributed by atoms with Crippen LogP contribution in [0.15, 0.2) is 22.8 Å². The Morgan fingerprint density at radius 1 is 1.45 bits per heavy atom. The zero-order valence-corrected chi connectivity index (χ0v) is 13.8. The second kappa shape index (κ2) is 6.55. The summed E-state index contributed by atoms with van der Waals surface area (Å²) in [6.45, 7) is 6.19. The summed E-state index contributed by atoms with van der Waals surface area (Å²) in [5.74, 6) is 2.35. The van der Waals surface area contributed by atoms with E-state index in [0.29, 0.717) is 30.1 Å². The fraction of sp³-hybridized carbons (Fsp3) is 0.722. The molecule has 0 aromatic carbocycles. The normalized spacial score (nSPS) is 33.2. The van der Waals surface area contributed by atoms with Crippen molar-refractivity contribution in [3.63, 3.8) is 0 Å². The van der Waals surface area contributed by atoms with Crippen molar-refractivity contribution in [1.29, 1.82) is 0 Å². The van der Waals surface area contributed by atoms with E-state index >= 15 is 0 Å². The van der Waals surface area contributed by atoms with Crippen LogP contribution in [-0.4, -0.2) is 43.0 Å². The van der Waals surface area contributed by atoms with Gasteiger partial charge in [-0.2, -0.15) is 0 Å². The van der Waals surface area contributed by atoms with Crippen molar-refractivity contribution in [1.82, 2.24) is 4.90 Å². The average Bonchev–Trinajstić information content (AvgIpc) is 3.17. The maximum atomic E-state index is 12.8.